The number of nitrogens with zero attached hydrogens (tertiary/aromatic N) is 1. The van der Waals surface area contributed by atoms with Gasteiger partial charge in [0, 0.05) is 17.5 Å². The van der Waals surface area contributed by atoms with Crippen molar-refractivity contribution < 1.29 is 18.7 Å². The molecule has 2 aromatic carbocycles. The first kappa shape index (κ1) is 21.3. The summed E-state index contributed by atoms with van der Waals surface area (Å²) in [7, 11) is 0. The van der Waals surface area contributed by atoms with Gasteiger partial charge in [-0.25, -0.2) is 4.98 Å². The van der Waals surface area contributed by atoms with Crippen LogP contribution in [-0.4, -0.2) is 16.8 Å². The molecule has 0 radical (unpaired) electrons. The van der Waals surface area contributed by atoms with Gasteiger partial charge in [-0.05, 0) is 42.8 Å². The quantitative estimate of drug-likeness (QED) is 0.399. The molecule has 32 heavy (non-hydrogen) atoms. The van der Waals surface area contributed by atoms with Crippen molar-refractivity contribution in [3.05, 3.63) is 94.9 Å². The summed E-state index contributed by atoms with van der Waals surface area (Å²) < 4.78 is 11.1. The number of para-hydroxylation sites is 1. The number of aryl methyl sites for hydroxylation is 1. The van der Waals surface area contributed by atoms with E-state index in [0.717, 1.165) is 16.9 Å². The number of rotatable bonds is 8. The normalized spacial score (nSPS) is 10.5. The lowest BCUT2D eigenvalue weighted by atomic mass is 10.2. The van der Waals surface area contributed by atoms with Crippen LogP contribution in [0.15, 0.2) is 76.7 Å². The molecule has 7 nitrogen and oxygen atoms in total. The molecule has 0 aliphatic heterocycles. The Hall–Kier alpha value is -3.91. The second-order valence-corrected chi connectivity index (χ2v) is 7.91. The van der Waals surface area contributed by atoms with E-state index in [1.165, 1.54) is 17.6 Å². The lowest BCUT2D eigenvalue weighted by molar-refractivity contribution is -0.120. The molecule has 8 heteroatoms. The largest absolute Gasteiger partial charge is 0.459 e. The third-order valence-corrected chi connectivity index (χ3v) is 5.33. The van der Waals surface area contributed by atoms with Gasteiger partial charge < -0.3 is 14.5 Å². The Labute approximate surface area is 189 Å². The fourth-order valence-corrected chi connectivity index (χ4v) is 3.69. The van der Waals surface area contributed by atoms with Crippen LogP contribution in [0.1, 0.15) is 27.4 Å². The Bertz CT molecular complexity index is 1220. The van der Waals surface area contributed by atoms with Crippen molar-refractivity contribution >= 4 is 28.3 Å². The highest BCUT2D eigenvalue weighted by Crippen LogP contribution is 2.26. The third kappa shape index (κ3) is 5.61. The molecule has 0 fully saturated rings. The van der Waals surface area contributed by atoms with E-state index >= 15 is 0 Å². The number of hydrogen-bond donors (Lipinski definition) is 2. The van der Waals surface area contributed by atoms with Gasteiger partial charge in [0.2, 0.25) is 5.91 Å². The average molecular weight is 448 g/mol. The number of nitrogens with one attached hydrogen (secondary N) is 2. The van der Waals surface area contributed by atoms with Crippen LogP contribution in [0.3, 0.4) is 0 Å². The molecule has 0 saturated heterocycles. The minimum Gasteiger partial charge on any atom is -0.459 e. The number of carbonyl (C=O) groups is 2. The van der Waals surface area contributed by atoms with Crippen LogP contribution in [0.4, 0.5) is 5.13 Å². The summed E-state index contributed by atoms with van der Waals surface area (Å²) >= 11 is 1.25. The van der Waals surface area contributed by atoms with Crippen LogP contribution in [-0.2, 0) is 17.8 Å². The van der Waals surface area contributed by atoms with Crippen molar-refractivity contribution in [2.45, 2.75) is 19.9 Å². The fourth-order valence-electron chi connectivity index (χ4n) is 2.99. The van der Waals surface area contributed by atoms with Crippen molar-refractivity contribution in [1.29, 1.82) is 0 Å². The van der Waals surface area contributed by atoms with E-state index in [4.69, 9.17) is 9.15 Å². The van der Waals surface area contributed by atoms with Crippen LogP contribution < -0.4 is 15.4 Å². The highest BCUT2D eigenvalue weighted by atomic mass is 32.1. The molecule has 0 unspecified atom stereocenters. The molecule has 2 heterocycles. The van der Waals surface area contributed by atoms with E-state index < -0.39 is 0 Å². The molecular weight excluding hydrogens is 426 g/mol. The zero-order chi connectivity index (χ0) is 22.3. The molecule has 0 spiro atoms. The first-order chi connectivity index (χ1) is 15.6. The van der Waals surface area contributed by atoms with Crippen molar-refractivity contribution in [3.63, 3.8) is 0 Å². The number of furan rings is 1. The third-order valence-electron chi connectivity index (χ3n) is 4.52. The Morgan fingerprint density at radius 3 is 2.78 bits per heavy atom. The maximum atomic E-state index is 12.4. The number of aromatic nitrogens is 1. The van der Waals surface area contributed by atoms with Crippen molar-refractivity contribution in [1.82, 2.24) is 10.3 Å². The van der Waals surface area contributed by atoms with Crippen LogP contribution in [0.25, 0.3) is 0 Å². The Balaban J connectivity index is 1.32. The monoisotopic (exact) mass is 447 g/mol. The second kappa shape index (κ2) is 9.93. The van der Waals surface area contributed by atoms with E-state index in [0.29, 0.717) is 23.1 Å². The first-order valence-electron chi connectivity index (χ1n) is 9.95. The molecule has 0 aliphatic carbocycles. The minimum atomic E-state index is -0.384. The molecule has 4 rings (SSSR count). The zero-order valence-corrected chi connectivity index (χ0v) is 18.1. The first-order valence-corrected chi connectivity index (χ1v) is 10.8. The standard InChI is InChI=1S/C24H21N3O4S/c1-16-6-4-8-19(12-16)31-20-9-3-2-7-17(20)14-25-22(28)13-18-15-32-24(26-18)27-23(29)21-10-5-11-30-21/h2-12,15H,13-14H2,1H3,(H,25,28)(H,26,27,29). The van der Waals surface area contributed by atoms with Gasteiger partial charge in [0.05, 0.1) is 18.4 Å². The maximum Gasteiger partial charge on any atom is 0.293 e. The van der Waals surface area contributed by atoms with Gasteiger partial charge in [0.25, 0.3) is 5.91 Å². The minimum absolute atomic E-state index is 0.105. The molecule has 0 atom stereocenters. The number of amides is 2. The maximum absolute atomic E-state index is 12.4. The van der Waals surface area contributed by atoms with Crippen molar-refractivity contribution in [3.8, 4) is 11.5 Å². The van der Waals surface area contributed by atoms with Crippen LogP contribution >= 0.6 is 11.3 Å². The molecular formula is C24H21N3O4S. The van der Waals surface area contributed by atoms with Gasteiger partial charge in [-0.15, -0.1) is 11.3 Å². The molecule has 0 aliphatic rings. The summed E-state index contributed by atoms with van der Waals surface area (Å²) in [6.07, 6.45) is 1.53. The van der Waals surface area contributed by atoms with Crippen molar-refractivity contribution in [2.24, 2.45) is 0 Å². The Morgan fingerprint density at radius 1 is 1.09 bits per heavy atom. The molecule has 2 aromatic heterocycles. The van der Waals surface area contributed by atoms with E-state index in [2.05, 4.69) is 15.6 Å². The molecule has 0 saturated carbocycles. The predicted octanol–water partition coefficient (Wildman–Crippen LogP) is 4.95. The van der Waals surface area contributed by atoms with E-state index in [9.17, 15) is 9.59 Å². The second-order valence-electron chi connectivity index (χ2n) is 7.06. The number of benzene rings is 2. The van der Waals surface area contributed by atoms with Crippen LogP contribution in [0.2, 0.25) is 0 Å². The van der Waals surface area contributed by atoms with Crippen molar-refractivity contribution in [2.75, 3.05) is 5.32 Å². The number of hydrogen-bond acceptors (Lipinski definition) is 6. The molecule has 4 aromatic rings. The SMILES string of the molecule is Cc1cccc(Oc2ccccc2CNC(=O)Cc2csc(NC(=O)c3ccco3)n2)c1. The van der Waals surface area contributed by atoms with Gasteiger partial charge >= 0.3 is 0 Å². The lowest BCUT2D eigenvalue weighted by Crippen LogP contribution is -2.24. The lowest BCUT2D eigenvalue weighted by Gasteiger charge is -2.12. The Kier molecular flexibility index (Phi) is 6.62. The topological polar surface area (TPSA) is 93.5 Å². The summed E-state index contributed by atoms with van der Waals surface area (Å²) in [5.41, 5.74) is 2.55. The zero-order valence-electron chi connectivity index (χ0n) is 17.3. The van der Waals surface area contributed by atoms with Gasteiger partial charge in [-0.3, -0.25) is 14.9 Å². The highest BCUT2D eigenvalue weighted by Gasteiger charge is 2.13. The van der Waals surface area contributed by atoms with Crippen LogP contribution in [0, 0.1) is 6.92 Å². The number of carbonyl (C=O) groups excluding carboxylic acids is 2. The molecule has 2 amide bonds. The van der Waals surface area contributed by atoms with E-state index in [-0.39, 0.29) is 24.0 Å². The van der Waals surface area contributed by atoms with Gasteiger partial charge in [0.15, 0.2) is 10.9 Å². The molecule has 162 valence electrons. The Morgan fingerprint density at radius 2 is 1.97 bits per heavy atom. The summed E-state index contributed by atoms with van der Waals surface area (Å²) in [4.78, 5) is 28.7. The summed E-state index contributed by atoms with van der Waals surface area (Å²) in [6.45, 7) is 2.33. The molecule has 0 bridgehead atoms. The predicted molar refractivity (Wildman–Crippen MR) is 122 cm³/mol. The fraction of sp³-hybridized carbons (Fsp3) is 0.125. The van der Waals surface area contributed by atoms with Gasteiger partial charge in [0.1, 0.15) is 11.5 Å². The van der Waals surface area contributed by atoms with E-state index in [1.807, 2.05) is 55.5 Å². The summed E-state index contributed by atoms with van der Waals surface area (Å²) in [6, 6.07) is 18.6. The summed E-state index contributed by atoms with van der Waals surface area (Å²) in [5, 5.41) is 7.71. The number of ether oxygens (including phenoxy) is 1. The van der Waals surface area contributed by atoms with Gasteiger partial charge in [-0.2, -0.15) is 0 Å². The average Bonchev–Trinajstić information content (AvgIpc) is 3.46. The van der Waals surface area contributed by atoms with E-state index in [1.54, 1.807) is 17.5 Å². The highest BCUT2D eigenvalue weighted by molar-refractivity contribution is 7.14. The smallest absolute Gasteiger partial charge is 0.293 e. The molecule has 2 N–H and O–H groups in total. The van der Waals surface area contributed by atoms with Gasteiger partial charge in [-0.1, -0.05) is 30.3 Å². The summed E-state index contributed by atoms with van der Waals surface area (Å²) in [5.74, 6) is 1.08. The van der Waals surface area contributed by atoms with Crippen LogP contribution in [0.5, 0.6) is 11.5 Å². The number of anilines is 1. The number of thiazole rings is 1.